The molecule has 2 heterocycles. The lowest BCUT2D eigenvalue weighted by Gasteiger charge is -2.26. The van der Waals surface area contributed by atoms with Crippen LogP contribution in [0.4, 0.5) is 5.13 Å². The molecule has 172 valence electrons. The fourth-order valence-electron chi connectivity index (χ4n) is 4.20. The van der Waals surface area contributed by atoms with Gasteiger partial charge in [0.25, 0.3) is 0 Å². The molecule has 1 fully saturated rings. The maximum atomic E-state index is 13.2. The van der Waals surface area contributed by atoms with Gasteiger partial charge in [0.05, 0.1) is 5.69 Å². The molecule has 1 aromatic heterocycles. The van der Waals surface area contributed by atoms with Gasteiger partial charge in [-0.15, -0.1) is 11.3 Å². The van der Waals surface area contributed by atoms with Gasteiger partial charge in [-0.3, -0.25) is 14.5 Å². The maximum absolute atomic E-state index is 13.2. The highest BCUT2D eigenvalue weighted by Crippen LogP contribution is 2.29. The van der Waals surface area contributed by atoms with E-state index in [1.807, 2.05) is 35.7 Å². The zero-order chi connectivity index (χ0) is 23.0. The van der Waals surface area contributed by atoms with Crippen LogP contribution in [0.25, 0.3) is 11.3 Å². The van der Waals surface area contributed by atoms with Gasteiger partial charge in [0.15, 0.2) is 5.13 Å². The van der Waals surface area contributed by atoms with E-state index >= 15 is 0 Å². The SMILES string of the molecule is CC(=O)NCCCc1ccc(-c2csc(NC(=O)C(c3ccccc3)N3CCCC3)n2)cc1. The molecule has 1 saturated heterocycles. The van der Waals surface area contributed by atoms with Crippen molar-refractivity contribution in [2.24, 2.45) is 0 Å². The van der Waals surface area contributed by atoms with Gasteiger partial charge in [-0.1, -0.05) is 54.6 Å². The standard InChI is InChI=1S/C26H30N4O2S/c1-19(31)27-15-7-8-20-11-13-21(14-12-20)23-18-33-26(28-23)29-25(32)24(30-16-5-6-17-30)22-9-3-2-4-10-22/h2-4,9-14,18,24H,5-8,15-17H2,1H3,(H,27,31)(H,28,29,32). The Morgan fingerprint density at radius 1 is 1.06 bits per heavy atom. The summed E-state index contributed by atoms with van der Waals surface area (Å²) >= 11 is 1.45. The summed E-state index contributed by atoms with van der Waals surface area (Å²) in [6, 6.07) is 18.0. The van der Waals surface area contributed by atoms with Gasteiger partial charge in [0, 0.05) is 24.4 Å². The number of amides is 2. The maximum Gasteiger partial charge on any atom is 0.248 e. The van der Waals surface area contributed by atoms with Crippen molar-refractivity contribution < 1.29 is 9.59 Å². The summed E-state index contributed by atoms with van der Waals surface area (Å²) in [6.45, 7) is 4.10. The topological polar surface area (TPSA) is 74.3 Å². The van der Waals surface area contributed by atoms with Crippen LogP contribution in [0.3, 0.4) is 0 Å². The Hall–Kier alpha value is -3.03. The summed E-state index contributed by atoms with van der Waals surface area (Å²) in [5, 5.41) is 8.48. The number of rotatable bonds is 9. The predicted molar refractivity (Wildman–Crippen MR) is 133 cm³/mol. The Bertz CT molecular complexity index is 1060. The molecule has 7 heteroatoms. The highest BCUT2D eigenvalue weighted by Gasteiger charge is 2.30. The Labute approximate surface area is 199 Å². The van der Waals surface area contributed by atoms with E-state index in [9.17, 15) is 9.59 Å². The third-order valence-corrected chi connectivity index (χ3v) is 6.63. The zero-order valence-corrected chi connectivity index (χ0v) is 19.7. The summed E-state index contributed by atoms with van der Waals surface area (Å²) in [4.78, 5) is 31.1. The molecule has 3 aromatic rings. The van der Waals surface area contributed by atoms with Gasteiger partial charge >= 0.3 is 0 Å². The smallest absolute Gasteiger partial charge is 0.248 e. The lowest BCUT2D eigenvalue weighted by atomic mass is 10.0. The van der Waals surface area contributed by atoms with Crippen LogP contribution in [-0.4, -0.2) is 41.3 Å². The van der Waals surface area contributed by atoms with E-state index < -0.39 is 0 Å². The minimum Gasteiger partial charge on any atom is -0.356 e. The number of benzene rings is 2. The van der Waals surface area contributed by atoms with Crippen molar-refractivity contribution in [2.75, 3.05) is 25.0 Å². The number of nitrogens with one attached hydrogen (secondary N) is 2. The first-order valence-electron chi connectivity index (χ1n) is 11.5. The third kappa shape index (κ3) is 6.27. The number of aryl methyl sites for hydroxylation is 1. The van der Waals surface area contributed by atoms with Crippen LogP contribution in [0, 0.1) is 0 Å². The number of aromatic nitrogens is 1. The molecule has 0 spiro atoms. The van der Waals surface area contributed by atoms with Crippen molar-refractivity contribution in [3.05, 3.63) is 71.1 Å². The van der Waals surface area contributed by atoms with Crippen LogP contribution in [0.5, 0.6) is 0 Å². The molecule has 1 aliphatic heterocycles. The van der Waals surface area contributed by atoms with Gasteiger partial charge in [0.2, 0.25) is 11.8 Å². The first kappa shape index (κ1) is 23.1. The Morgan fingerprint density at radius 2 is 1.79 bits per heavy atom. The van der Waals surface area contributed by atoms with E-state index in [1.54, 1.807) is 0 Å². The van der Waals surface area contributed by atoms with E-state index in [0.29, 0.717) is 11.7 Å². The third-order valence-electron chi connectivity index (χ3n) is 5.87. The normalized spacial score (nSPS) is 14.7. The second-order valence-electron chi connectivity index (χ2n) is 8.37. The molecule has 2 aromatic carbocycles. The number of nitrogens with zero attached hydrogens (tertiary/aromatic N) is 2. The van der Waals surface area contributed by atoms with Crippen LogP contribution < -0.4 is 10.6 Å². The van der Waals surface area contributed by atoms with Crippen LogP contribution in [0.2, 0.25) is 0 Å². The summed E-state index contributed by atoms with van der Waals surface area (Å²) in [5.41, 5.74) is 4.13. The largest absolute Gasteiger partial charge is 0.356 e. The number of thiazole rings is 1. The van der Waals surface area contributed by atoms with Crippen LogP contribution in [0.1, 0.15) is 43.4 Å². The van der Waals surface area contributed by atoms with Gasteiger partial charge in [-0.25, -0.2) is 4.98 Å². The van der Waals surface area contributed by atoms with Crippen LogP contribution >= 0.6 is 11.3 Å². The first-order valence-corrected chi connectivity index (χ1v) is 12.4. The Morgan fingerprint density at radius 3 is 2.48 bits per heavy atom. The highest BCUT2D eigenvalue weighted by molar-refractivity contribution is 7.14. The van der Waals surface area contributed by atoms with Gasteiger partial charge in [0.1, 0.15) is 6.04 Å². The molecule has 6 nitrogen and oxygen atoms in total. The van der Waals surface area contributed by atoms with E-state index in [4.69, 9.17) is 0 Å². The summed E-state index contributed by atoms with van der Waals surface area (Å²) in [5.74, 6) is -0.0224. The number of anilines is 1. The molecular formula is C26H30N4O2S. The Kier molecular flexibility index (Phi) is 7.86. The molecule has 2 amide bonds. The van der Waals surface area contributed by atoms with Crippen molar-refractivity contribution in [3.8, 4) is 11.3 Å². The number of carbonyl (C=O) groups is 2. The predicted octanol–water partition coefficient (Wildman–Crippen LogP) is 4.65. The molecule has 0 saturated carbocycles. The van der Waals surface area contributed by atoms with Crippen molar-refractivity contribution in [2.45, 2.75) is 38.6 Å². The molecule has 1 aliphatic rings. The molecule has 1 atom stereocenters. The van der Waals surface area contributed by atoms with Gasteiger partial charge in [-0.05, 0) is 49.9 Å². The van der Waals surface area contributed by atoms with Crippen LogP contribution in [-0.2, 0) is 16.0 Å². The number of hydrogen-bond donors (Lipinski definition) is 2. The molecule has 0 aliphatic carbocycles. The number of likely N-dealkylation sites (tertiary alicyclic amines) is 1. The zero-order valence-electron chi connectivity index (χ0n) is 18.9. The van der Waals surface area contributed by atoms with Crippen molar-refractivity contribution in [1.82, 2.24) is 15.2 Å². The fraction of sp³-hybridized carbons (Fsp3) is 0.346. The number of carbonyl (C=O) groups excluding carboxylic acids is 2. The molecule has 1 unspecified atom stereocenters. The molecular weight excluding hydrogens is 432 g/mol. The quantitative estimate of drug-likeness (QED) is 0.454. The fourth-order valence-corrected chi connectivity index (χ4v) is 4.92. The summed E-state index contributed by atoms with van der Waals surface area (Å²) in [6.07, 6.45) is 4.07. The minimum absolute atomic E-state index is 0.00675. The van der Waals surface area contributed by atoms with Gasteiger partial charge in [-0.2, -0.15) is 0 Å². The van der Waals surface area contributed by atoms with Gasteiger partial charge < -0.3 is 10.6 Å². The van der Waals surface area contributed by atoms with Crippen molar-refractivity contribution in [3.63, 3.8) is 0 Å². The molecule has 4 rings (SSSR count). The Balaban J connectivity index is 1.39. The number of hydrogen-bond acceptors (Lipinski definition) is 5. The van der Waals surface area contributed by atoms with E-state index in [-0.39, 0.29) is 17.9 Å². The highest BCUT2D eigenvalue weighted by atomic mass is 32.1. The summed E-state index contributed by atoms with van der Waals surface area (Å²) in [7, 11) is 0. The van der Waals surface area contributed by atoms with Crippen LogP contribution in [0.15, 0.2) is 60.0 Å². The average Bonchev–Trinajstić information content (AvgIpc) is 3.51. The lowest BCUT2D eigenvalue weighted by Crippen LogP contribution is -2.35. The second kappa shape index (κ2) is 11.2. The molecule has 0 radical (unpaired) electrons. The van der Waals surface area contributed by atoms with Crippen molar-refractivity contribution >= 4 is 28.3 Å². The first-order chi connectivity index (χ1) is 16.1. The van der Waals surface area contributed by atoms with Crippen molar-refractivity contribution in [1.29, 1.82) is 0 Å². The van der Waals surface area contributed by atoms with E-state index in [2.05, 4.69) is 44.8 Å². The monoisotopic (exact) mass is 462 g/mol. The average molecular weight is 463 g/mol. The summed E-state index contributed by atoms with van der Waals surface area (Å²) < 4.78 is 0. The molecule has 33 heavy (non-hydrogen) atoms. The lowest BCUT2D eigenvalue weighted by molar-refractivity contribution is -0.121. The second-order valence-corrected chi connectivity index (χ2v) is 9.22. The van der Waals surface area contributed by atoms with E-state index in [0.717, 1.165) is 55.6 Å². The minimum atomic E-state index is -0.294. The molecule has 2 N–H and O–H groups in total. The molecule has 0 bridgehead atoms. The van der Waals surface area contributed by atoms with E-state index in [1.165, 1.54) is 23.8 Å².